The molecule has 2 saturated heterocycles. The van der Waals surface area contributed by atoms with Crippen LogP contribution in [0.1, 0.15) is 5.56 Å². The summed E-state index contributed by atoms with van der Waals surface area (Å²) in [5.41, 5.74) is 0.503. The number of phenolic OH excluding ortho intramolecular Hbond substituents is 1. The topological polar surface area (TPSA) is 122 Å². The molecule has 0 aliphatic carbocycles. The quantitative estimate of drug-likeness (QED) is 0.462. The minimum atomic E-state index is -0.894. The van der Waals surface area contributed by atoms with Crippen LogP contribution in [0.3, 0.4) is 0 Å². The fourth-order valence-corrected chi connectivity index (χ4v) is 3.91. The van der Waals surface area contributed by atoms with Gasteiger partial charge in [-0.3, -0.25) is 0 Å². The summed E-state index contributed by atoms with van der Waals surface area (Å²) < 4.78 is 44.7. The van der Waals surface area contributed by atoms with E-state index in [1.807, 2.05) is 0 Å². The second kappa shape index (κ2) is 7.75. The third-order valence-corrected chi connectivity index (χ3v) is 5.50. The van der Waals surface area contributed by atoms with Crippen LogP contribution in [0.25, 0.3) is 11.2 Å². The summed E-state index contributed by atoms with van der Waals surface area (Å²) in [7, 11) is 0. The Morgan fingerprint density at radius 3 is 2.68 bits per heavy atom. The van der Waals surface area contributed by atoms with E-state index in [9.17, 15) is 19.0 Å². The van der Waals surface area contributed by atoms with E-state index >= 15 is 0 Å². The molecule has 2 aliphatic rings. The molecule has 2 aliphatic heterocycles. The fraction of sp³-hybridized carbons (Fsp3) is 0.368. The van der Waals surface area contributed by atoms with Crippen molar-refractivity contribution in [2.75, 3.05) is 18.5 Å². The molecular formula is C19H17ClF2N4O5. The molecular weight excluding hydrogens is 438 g/mol. The van der Waals surface area contributed by atoms with Crippen LogP contribution in [0.4, 0.5) is 14.6 Å². The highest BCUT2D eigenvalue weighted by atomic mass is 35.5. The van der Waals surface area contributed by atoms with E-state index in [0.717, 1.165) is 12.1 Å². The molecule has 0 spiro atoms. The van der Waals surface area contributed by atoms with Gasteiger partial charge in [0.05, 0.1) is 23.8 Å². The van der Waals surface area contributed by atoms with E-state index in [1.165, 1.54) is 0 Å². The number of nitrogens with zero attached hydrogens (tertiary/aromatic N) is 2. The average Bonchev–Trinajstić information content (AvgIpc) is 3.38. The van der Waals surface area contributed by atoms with Crippen LogP contribution < -0.4 is 10.1 Å². The largest absolute Gasteiger partial charge is 0.508 e. The lowest BCUT2D eigenvalue weighted by Crippen LogP contribution is -2.34. The molecule has 0 radical (unpaired) electrons. The zero-order chi connectivity index (χ0) is 21.7. The number of phenols is 1. The van der Waals surface area contributed by atoms with Crippen LogP contribution >= 0.6 is 11.6 Å². The standard InChI is InChI=1S/C19H17ClF2N4O5/c20-9-3-12-18(25-17(9)23-4-8-10(21)1-7(27)2-11(8)22)26-19(24-12)31-14-6-30-15-13(28)5-29-16(14)15/h1-3,13-16,27-28H,4-6H2,(H2,23,24,25,26)/t13-,14-,15-,16?/m1/s1. The van der Waals surface area contributed by atoms with Gasteiger partial charge >= 0.3 is 0 Å². The number of nitrogens with one attached hydrogen (secondary N) is 2. The molecule has 4 N–H and O–H groups in total. The van der Waals surface area contributed by atoms with E-state index in [-0.39, 0.29) is 47.8 Å². The first-order valence-electron chi connectivity index (χ1n) is 9.44. The molecule has 1 aromatic carbocycles. The Hall–Kier alpha value is -2.73. The third kappa shape index (κ3) is 3.74. The van der Waals surface area contributed by atoms with Crippen LogP contribution in [0, 0.1) is 11.6 Å². The van der Waals surface area contributed by atoms with Crippen LogP contribution in [-0.2, 0) is 16.0 Å². The van der Waals surface area contributed by atoms with Gasteiger partial charge in [-0.25, -0.2) is 13.8 Å². The number of aliphatic hydroxyl groups is 1. The molecule has 31 heavy (non-hydrogen) atoms. The summed E-state index contributed by atoms with van der Waals surface area (Å²) in [5.74, 6) is -2.12. The maximum absolute atomic E-state index is 13.9. The summed E-state index contributed by atoms with van der Waals surface area (Å²) in [6.45, 7) is 0.185. The van der Waals surface area contributed by atoms with Crippen molar-refractivity contribution in [3.63, 3.8) is 0 Å². The molecule has 2 fully saturated rings. The van der Waals surface area contributed by atoms with Crippen molar-refractivity contribution in [3.8, 4) is 11.8 Å². The number of ether oxygens (including phenoxy) is 3. The number of hydrogen-bond donors (Lipinski definition) is 4. The van der Waals surface area contributed by atoms with E-state index in [1.54, 1.807) is 6.07 Å². The van der Waals surface area contributed by atoms with Crippen LogP contribution in [0.15, 0.2) is 18.2 Å². The highest BCUT2D eigenvalue weighted by Crippen LogP contribution is 2.31. The average molecular weight is 455 g/mol. The number of fused-ring (bicyclic) bond motifs is 2. The van der Waals surface area contributed by atoms with E-state index in [2.05, 4.69) is 20.3 Å². The first kappa shape index (κ1) is 20.2. The van der Waals surface area contributed by atoms with Gasteiger partial charge in [0.2, 0.25) is 0 Å². The van der Waals surface area contributed by atoms with E-state index < -0.39 is 41.8 Å². The van der Waals surface area contributed by atoms with Crippen LogP contribution in [0.5, 0.6) is 11.8 Å². The van der Waals surface area contributed by atoms with Crippen molar-refractivity contribution in [3.05, 3.63) is 40.4 Å². The summed E-state index contributed by atoms with van der Waals surface area (Å²) in [6.07, 6.45) is -1.96. The lowest BCUT2D eigenvalue weighted by atomic mass is 10.1. The van der Waals surface area contributed by atoms with E-state index in [0.29, 0.717) is 5.52 Å². The molecule has 2 aromatic heterocycles. The normalized spacial score (nSPS) is 25.2. The van der Waals surface area contributed by atoms with Crippen molar-refractivity contribution in [2.24, 2.45) is 0 Å². The molecule has 12 heteroatoms. The van der Waals surface area contributed by atoms with Crippen molar-refractivity contribution in [2.45, 2.75) is 31.0 Å². The highest BCUT2D eigenvalue weighted by molar-refractivity contribution is 6.33. The number of hydrogen-bond acceptors (Lipinski definition) is 8. The zero-order valence-corrected chi connectivity index (χ0v) is 16.6. The second-order valence-corrected chi connectivity index (χ2v) is 7.70. The Morgan fingerprint density at radius 2 is 1.90 bits per heavy atom. The molecule has 0 bridgehead atoms. The first-order valence-corrected chi connectivity index (χ1v) is 9.82. The van der Waals surface area contributed by atoms with Crippen LogP contribution in [-0.4, -0.2) is 62.8 Å². The van der Waals surface area contributed by atoms with Gasteiger partial charge in [0, 0.05) is 24.2 Å². The zero-order valence-electron chi connectivity index (χ0n) is 15.8. The maximum atomic E-state index is 13.9. The lowest BCUT2D eigenvalue weighted by Gasteiger charge is -2.15. The third-order valence-electron chi connectivity index (χ3n) is 5.21. The van der Waals surface area contributed by atoms with Crippen molar-refractivity contribution >= 4 is 28.6 Å². The number of aliphatic hydroxyl groups excluding tert-OH is 1. The second-order valence-electron chi connectivity index (χ2n) is 7.29. The number of halogens is 3. The number of H-pyrrole nitrogens is 1. The summed E-state index contributed by atoms with van der Waals surface area (Å²) >= 11 is 6.23. The maximum Gasteiger partial charge on any atom is 0.296 e. The molecule has 9 nitrogen and oxygen atoms in total. The number of aromatic amines is 1. The molecule has 5 rings (SSSR count). The summed E-state index contributed by atoms with van der Waals surface area (Å²) in [6, 6.07) is 3.37. The first-order chi connectivity index (χ1) is 14.9. The monoisotopic (exact) mass is 454 g/mol. The predicted octanol–water partition coefficient (Wildman–Crippen LogP) is 2.11. The minimum Gasteiger partial charge on any atom is -0.508 e. The Morgan fingerprint density at radius 1 is 1.16 bits per heavy atom. The fourth-order valence-electron chi connectivity index (χ4n) is 3.69. The number of benzene rings is 1. The number of rotatable bonds is 5. The summed E-state index contributed by atoms with van der Waals surface area (Å²) in [5, 5.41) is 22.0. The SMILES string of the molecule is Oc1cc(F)c(CNc2nc3nc(O[C@@H]4CO[C@H]5C4OC[C@H]5O)[nH]c3cc2Cl)c(F)c1. The van der Waals surface area contributed by atoms with Crippen molar-refractivity contribution in [1.29, 1.82) is 0 Å². The van der Waals surface area contributed by atoms with Gasteiger partial charge in [-0.2, -0.15) is 4.98 Å². The van der Waals surface area contributed by atoms with Crippen LogP contribution in [0.2, 0.25) is 5.02 Å². The smallest absolute Gasteiger partial charge is 0.296 e. The Bertz CT molecular complexity index is 1120. The number of anilines is 1. The number of aromatic nitrogens is 3. The Balaban J connectivity index is 1.33. The van der Waals surface area contributed by atoms with Gasteiger partial charge in [0.1, 0.15) is 41.5 Å². The van der Waals surface area contributed by atoms with Gasteiger partial charge in [0.25, 0.3) is 6.01 Å². The van der Waals surface area contributed by atoms with Gasteiger partial charge in [-0.1, -0.05) is 11.6 Å². The lowest BCUT2D eigenvalue weighted by molar-refractivity contribution is 0.00706. The molecule has 3 aromatic rings. The number of pyridine rings is 1. The molecule has 0 saturated carbocycles. The highest BCUT2D eigenvalue weighted by Gasteiger charge is 2.48. The number of aromatic hydroxyl groups is 1. The van der Waals surface area contributed by atoms with E-state index in [4.69, 9.17) is 25.8 Å². The molecule has 1 unspecified atom stereocenters. The van der Waals surface area contributed by atoms with Crippen molar-refractivity contribution < 1.29 is 33.2 Å². The van der Waals surface area contributed by atoms with Crippen molar-refractivity contribution in [1.82, 2.24) is 15.0 Å². The van der Waals surface area contributed by atoms with Gasteiger partial charge < -0.3 is 34.7 Å². The van der Waals surface area contributed by atoms with Gasteiger partial charge in [0.15, 0.2) is 11.8 Å². The minimum absolute atomic E-state index is 0.172. The molecule has 164 valence electrons. The Labute approximate surface area is 178 Å². The summed E-state index contributed by atoms with van der Waals surface area (Å²) in [4.78, 5) is 11.5. The van der Waals surface area contributed by atoms with Gasteiger partial charge in [-0.05, 0) is 6.07 Å². The predicted molar refractivity (Wildman–Crippen MR) is 104 cm³/mol. The molecule has 4 heterocycles. The molecule has 0 amide bonds. The molecule has 4 atom stereocenters. The number of imidazole rings is 1. The Kier molecular flexibility index (Phi) is 5.05. The van der Waals surface area contributed by atoms with Gasteiger partial charge in [-0.15, -0.1) is 0 Å².